The molecule has 2 bridgehead atoms. The van der Waals surface area contributed by atoms with E-state index in [1.54, 1.807) is 0 Å². The molecule has 1 aromatic rings. The summed E-state index contributed by atoms with van der Waals surface area (Å²) in [4.78, 5) is 14.4. The Balaban J connectivity index is 1.74. The van der Waals surface area contributed by atoms with E-state index in [0.717, 1.165) is 19.4 Å². The Hall–Kier alpha value is -1.39. The van der Waals surface area contributed by atoms with Crippen molar-refractivity contribution in [2.75, 3.05) is 7.11 Å². The minimum Gasteiger partial charge on any atom is -0.468 e. The lowest BCUT2D eigenvalue weighted by molar-refractivity contribution is -0.150. The van der Waals surface area contributed by atoms with Gasteiger partial charge in [0.05, 0.1) is 7.11 Å². The van der Waals surface area contributed by atoms with Gasteiger partial charge in [-0.25, -0.2) is 0 Å². The number of benzene rings is 1. The third-order valence-electron chi connectivity index (χ3n) is 4.77. The molecule has 0 aromatic heterocycles. The molecule has 1 aromatic carbocycles. The fourth-order valence-electron chi connectivity index (χ4n) is 3.80. The summed E-state index contributed by atoms with van der Waals surface area (Å²) < 4.78 is 4.89. The largest absolute Gasteiger partial charge is 0.468 e. The summed E-state index contributed by atoms with van der Waals surface area (Å²) in [5.41, 5.74) is 6.83. The van der Waals surface area contributed by atoms with Gasteiger partial charge < -0.3 is 10.5 Å². The molecule has 20 heavy (non-hydrogen) atoms. The summed E-state index contributed by atoms with van der Waals surface area (Å²) in [6, 6.07) is 11.3. The molecule has 0 spiro atoms. The first kappa shape index (κ1) is 13.6. The molecule has 0 aliphatic carbocycles. The van der Waals surface area contributed by atoms with E-state index in [4.69, 9.17) is 10.5 Å². The van der Waals surface area contributed by atoms with Crippen LogP contribution in [0.3, 0.4) is 0 Å². The summed E-state index contributed by atoms with van der Waals surface area (Å²) in [5, 5.41) is 0. The van der Waals surface area contributed by atoms with E-state index < -0.39 is 5.54 Å². The van der Waals surface area contributed by atoms with E-state index in [2.05, 4.69) is 29.2 Å². The Morgan fingerprint density at radius 1 is 1.30 bits per heavy atom. The molecule has 2 aliphatic rings. The standard InChI is InChI=1S/C16H22N2O2/c1-20-15(19)16(17)9-13-7-8-14(10-16)18(13)11-12-5-3-2-4-6-12/h2-6,13-14H,7-11,17H2,1H3. The number of nitrogens with two attached hydrogens (primary N) is 1. The molecule has 2 heterocycles. The molecule has 2 fully saturated rings. The van der Waals surface area contributed by atoms with Crippen LogP contribution >= 0.6 is 0 Å². The number of methoxy groups -OCH3 is 1. The number of esters is 1. The molecule has 0 saturated carbocycles. The van der Waals surface area contributed by atoms with E-state index >= 15 is 0 Å². The lowest BCUT2D eigenvalue weighted by atomic mass is 9.83. The van der Waals surface area contributed by atoms with Crippen molar-refractivity contribution in [2.45, 2.75) is 49.9 Å². The summed E-state index contributed by atoms with van der Waals surface area (Å²) in [6.07, 6.45) is 3.69. The highest BCUT2D eigenvalue weighted by molar-refractivity contribution is 5.80. The predicted molar refractivity (Wildman–Crippen MR) is 77.0 cm³/mol. The zero-order valence-corrected chi connectivity index (χ0v) is 11.9. The molecule has 2 saturated heterocycles. The number of piperidine rings is 1. The van der Waals surface area contributed by atoms with Crippen LogP contribution in [0.1, 0.15) is 31.2 Å². The van der Waals surface area contributed by atoms with E-state index in [1.807, 2.05) is 6.07 Å². The van der Waals surface area contributed by atoms with Crippen LogP contribution in [0.2, 0.25) is 0 Å². The third-order valence-corrected chi connectivity index (χ3v) is 4.77. The van der Waals surface area contributed by atoms with E-state index in [9.17, 15) is 4.79 Å². The van der Waals surface area contributed by atoms with E-state index in [1.165, 1.54) is 12.7 Å². The maximum atomic E-state index is 11.9. The Morgan fingerprint density at radius 2 is 1.90 bits per heavy atom. The predicted octanol–water partition coefficient (Wildman–Crippen LogP) is 1.68. The number of fused-ring (bicyclic) bond motifs is 2. The third kappa shape index (κ3) is 2.34. The van der Waals surface area contributed by atoms with Gasteiger partial charge in [0, 0.05) is 18.6 Å². The lowest BCUT2D eigenvalue weighted by Crippen LogP contribution is -2.59. The highest BCUT2D eigenvalue weighted by Gasteiger charge is 2.50. The summed E-state index contributed by atoms with van der Waals surface area (Å²) in [7, 11) is 1.43. The van der Waals surface area contributed by atoms with Crippen molar-refractivity contribution in [3.8, 4) is 0 Å². The molecular formula is C16H22N2O2. The van der Waals surface area contributed by atoms with Gasteiger partial charge in [-0.1, -0.05) is 30.3 Å². The second-order valence-corrected chi connectivity index (χ2v) is 6.10. The van der Waals surface area contributed by atoms with Crippen LogP contribution in [-0.2, 0) is 16.1 Å². The number of carbonyl (C=O) groups is 1. The van der Waals surface area contributed by atoms with Crippen molar-refractivity contribution in [3.05, 3.63) is 35.9 Å². The first-order valence-electron chi connectivity index (χ1n) is 7.29. The molecule has 3 rings (SSSR count). The smallest absolute Gasteiger partial charge is 0.325 e. The van der Waals surface area contributed by atoms with Crippen molar-refractivity contribution in [1.82, 2.24) is 4.90 Å². The van der Waals surface area contributed by atoms with Gasteiger partial charge in [-0.2, -0.15) is 0 Å². The fraction of sp³-hybridized carbons (Fsp3) is 0.562. The van der Waals surface area contributed by atoms with Gasteiger partial charge in [0.2, 0.25) is 0 Å². The van der Waals surface area contributed by atoms with Crippen LogP contribution in [0.15, 0.2) is 30.3 Å². The second kappa shape index (κ2) is 5.19. The van der Waals surface area contributed by atoms with Crippen LogP contribution in [0.4, 0.5) is 0 Å². The molecule has 4 heteroatoms. The number of ether oxygens (including phenoxy) is 1. The molecule has 2 unspecified atom stereocenters. The molecule has 108 valence electrons. The Bertz CT molecular complexity index is 475. The van der Waals surface area contributed by atoms with Gasteiger partial charge in [-0.15, -0.1) is 0 Å². The minimum absolute atomic E-state index is 0.256. The zero-order valence-electron chi connectivity index (χ0n) is 11.9. The maximum absolute atomic E-state index is 11.9. The number of carbonyl (C=O) groups excluding carboxylic acids is 1. The van der Waals surface area contributed by atoms with Gasteiger partial charge >= 0.3 is 5.97 Å². The van der Waals surface area contributed by atoms with E-state index in [0.29, 0.717) is 24.9 Å². The average Bonchev–Trinajstić information content (AvgIpc) is 2.71. The van der Waals surface area contributed by atoms with Gasteiger partial charge in [0.1, 0.15) is 5.54 Å². The number of hydrogen-bond acceptors (Lipinski definition) is 4. The molecule has 0 radical (unpaired) electrons. The number of rotatable bonds is 3. The molecular weight excluding hydrogens is 252 g/mol. The first-order chi connectivity index (χ1) is 9.62. The normalized spacial score (nSPS) is 33.1. The molecule has 0 amide bonds. The SMILES string of the molecule is COC(=O)C1(N)CC2CCC(C1)N2Cc1ccccc1. The van der Waals surface area contributed by atoms with Gasteiger partial charge in [0.25, 0.3) is 0 Å². The van der Waals surface area contributed by atoms with Crippen LogP contribution in [0.5, 0.6) is 0 Å². The van der Waals surface area contributed by atoms with Crippen molar-refractivity contribution >= 4 is 5.97 Å². The van der Waals surface area contributed by atoms with Crippen molar-refractivity contribution < 1.29 is 9.53 Å². The summed E-state index contributed by atoms with van der Waals surface area (Å²) in [5.74, 6) is -0.256. The molecule has 2 atom stereocenters. The minimum atomic E-state index is -0.784. The van der Waals surface area contributed by atoms with Crippen molar-refractivity contribution in [2.24, 2.45) is 5.73 Å². The van der Waals surface area contributed by atoms with Crippen LogP contribution in [0.25, 0.3) is 0 Å². The Labute approximate surface area is 119 Å². The van der Waals surface area contributed by atoms with Crippen LogP contribution < -0.4 is 5.73 Å². The van der Waals surface area contributed by atoms with Crippen molar-refractivity contribution in [3.63, 3.8) is 0 Å². The highest BCUT2D eigenvalue weighted by Crippen LogP contribution is 2.40. The maximum Gasteiger partial charge on any atom is 0.325 e. The monoisotopic (exact) mass is 274 g/mol. The molecule has 2 aliphatic heterocycles. The van der Waals surface area contributed by atoms with Gasteiger partial charge in [0.15, 0.2) is 0 Å². The van der Waals surface area contributed by atoms with Crippen LogP contribution in [0, 0.1) is 0 Å². The number of hydrogen-bond donors (Lipinski definition) is 1. The highest BCUT2D eigenvalue weighted by atomic mass is 16.5. The van der Waals surface area contributed by atoms with Crippen molar-refractivity contribution in [1.29, 1.82) is 0 Å². The first-order valence-corrected chi connectivity index (χ1v) is 7.29. The quantitative estimate of drug-likeness (QED) is 0.852. The van der Waals surface area contributed by atoms with Gasteiger partial charge in [-0.05, 0) is 31.2 Å². The molecule has 2 N–H and O–H groups in total. The molecule has 4 nitrogen and oxygen atoms in total. The zero-order chi connectivity index (χ0) is 14.2. The average molecular weight is 274 g/mol. The second-order valence-electron chi connectivity index (χ2n) is 6.10. The number of nitrogens with zero attached hydrogens (tertiary/aromatic N) is 1. The fourth-order valence-corrected chi connectivity index (χ4v) is 3.80. The Kier molecular flexibility index (Phi) is 3.52. The Morgan fingerprint density at radius 3 is 2.45 bits per heavy atom. The van der Waals surface area contributed by atoms with E-state index in [-0.39, 0.29) is 5.97 Å². The topological polar surface area (TPSA) is 55.6 Å². The summed E-state index contributed by atoms with van der Waals surface area (Å²) in [6.45, 7) is 0.952. The summed E-state index contributed by atoms with van der Waals surface area (Å²) >= 11 is 0. The van der Waals surface area contributed by atoms with Gasteiger partial charge in [-0.3, -0.25) is 9.69 Å². The lowest BCUT2D eigenvalue weighted by Gasteiger charge is -2.43. The van der Waals surface area contributed by atoms with Crippen LogP contribution in [-0.4, -0.2) is 35.6 Å².